The van der Waals surface area contributed by atoms with E-state index in [0.717, 1.165) is 11.3 Å². The first-order chi connectivity index (χ1) is 7.29. The molecular formula is C11H9N3O. The van der Waals surface area contributed by atoms with Crippen LogP contribution in [0.5, 0.6) is 0 Å². The van der Waals surface area contributed by atoms with Crippen molar-refractivity contribution in [2.75, 3.05) is 0 Å². The molecule has 2 rings (SSSR count). The number of benzene rings is 1. The highest BCUT2D eigenvalue weighted by molar-refractivity contribution is 5.62. The topological polar surface area (TPSA) is 47.2 Å². The molecule has 0 spiro atoms. The van der Waals surface area contributed by atoms with Crippen molar-refractivity contribution in [1.29, 1.82) is 0 Å². The van der Waals surface area contributed by atoms with E-state index >= 15 is 0 Å². The van der Waals surface area contributed by atoms with Crippen LogP contribution in [0.2, 0.25) is 0 Å². The Bertz CT molecular complexity index is 507. The average Bonchev–Trinajstić information content (AvgIpc) is 2.67. The number of rotatable bonds is 2. The maximum absolute atomic E-state index is 10.0. The van der Waals surface area contributed by atoms with Crippen LogP contribution in [0.3, 0.4) is 0 Å². The summed E-state index contributed by atoms with van der Waals surface area (Å²) in [5, 5.41) is 4.27. The standard InChI is InChI=1S/C11H9N3O/c1-14-7-6-11(13-14)9-2-4-10(5-3-9)12-8-15/h2-7H,1H3. The van der Waals surface area contributed by atoms with Crippen LogP contribution in [0.15, 0.2) is 41.5 Å². The Kier molecular flexibility index (Phi) is 2.44. The quantitative estimate of drug-likeness (QED) is 0.549. The van der Waals surface area contributed by atoms with Crippen LogP contribution in [0.4, 0.5) is 5.69 Å². The van der Waals surface area contributed by atoms with Gasteiger partial charge < -0.3 is 0 Å². The van der Waals surface area contributed by atoms with Crippen LogP contribution in [-0.4, -0.2) is 15.9 Å². The summed E-state index contributed by atoms with van der Waals surface area (Å²) in [5.41, 5.74) is 2.50. The molecule has 0 aliphatic carbocycles. The van der Waals surface area contributed by atoms with Crippen molar-refractivity contribution < 1.29 is 4.79 Å². The van der Waals surface area contributed by atoms with E-state index in [2.05, 4.69) is 10.1 Å². The minimum Gasteiger partial charge on any atom is -0.275 e. The molecule has 4 nitrogen and oxygen atoms in total. The van der Waals surface area contributed by atoms with Crippen LogP contribution in [0.1, 0.15) is 0 Å². The maximum atomic E-state index is 10.0. The Morgan fingerprint density at radius 1 is 1.27 bits per heavy atom. The number of carbonyl (C=O) groups excluding carboxylic acids is 1. The van der Waals surface area contributed by atoms with Crippen LogP contribution in [0.25, 0.3) is 11.3 Å². The van der Waals surface area contributed by atoms with Gasteiger partial charge in [0, 0.05) is 18.8 Å². The van der Waals surface area contributed by atoms with Gasteiger partial charge in [0.15, 0.2) is 0 Å². The first-order valence-corrected chi connectivity index (χ1v) is 4.47. The molecule has 1 aromatic carbocycles. The Morgan fingerprint density at radius 2 is 2.00 bits per heavy atom. The Balaban J connectivity index is 2.35. The Morgan fingerprint density at radius 3 is 2.53 bits per heavy atom. The zero-order chi connectivity index (χ0) is 10.7. The number of hydrogen-bond acceptors (Lipinski definition) is 3. The zero-order valence-electron chi connectivity index (χ0n) is 8.21. The van der Waals surface area contributed by atoms with E-state index in [0.29, 0.717) is 5.69 Å². The number of aromatic nitrogens is 2. The third-order valence-corrected chi connectivity index (χ3v) is 2.05. The van der Waals surface area contributed by atoms with Gasteiger partial charge in [0.2, 0.25) is 6.08 Å². The third-order valence-electron chi connectivity index (χ3n) is 2.05. The molecule has 0 aliphatic rings. The van der Waals surface area contributed by atoms with E-state index in [9.17, 15) is 4.79 Å². The molecule has 0 unspecified atom stereocenters. The Labute approximate surface area is 86.9 Å². The lowest BCUT2D eigenvalue weighted by molar-refractivity contribution is 0.565. The minimum atomic E-state index is 0.602. The van der Waals surface area contributed by atoms with Crippen LogP contribution in [0, 0.1) is 0 Å². The van der Waals surface area contributed by atoms with E-state index in [1.54, 1.807) is 16.8 Å². The molecule has 1 aromatic heterocycles. The highest BCUT2D eigenvalue weighted by atomic mass is 16.1. The van der Waals surface area contributed by atoms with Gasteiger partial charge in [0.05, 0.1) is 11.4 Å². The normalized spacial score (nSPS) is 9.67. The summed E-state index contributed by atoms with van der Waals surface area (Å²) < 4.78 is 1.74. The van der Waals surface area contributed by atoms with Crippen molar-refractivity contribution >= 4 is 11.8 Å². The van der Waals surface area contributed by atoms with Crippen molar-refractivity contribution in [2.24, 2.45) is 12.0 Å². The van der Waals surface area contributed by atoms with Gasteiger partial charge in [-0.1, -0.05) is 12.1 Å². The highest BCUT2D eigenvalue weighted by Crippen LogP contribution is 2.20. The molecule has 0 radical (unpaired) electrons. The fourth-order valence-corrected chi connectivity index (χ4v) is 1.33. The van der Waals surface area contributed by atoms with Crippen molar-refractivity contribution in [3.8, 4) is 11.3 Å². The predicted octanol–water partition coefficient (Wildman–Crippen LogP) is 2.05. The Hall–Kier alpha value is -2.19. The first-order valence-electron chi connectivity index (χ1n) is 4.47. The first kappa shape index (κ1) is 9.37. The van der Waals surface area contributed by atoms with Crippen LogP contribution < -0.4 is 0 Å². The van der Waals surface area contributed by atoms with Gasteiger partial charge >= 0.3 is 0 Å². The lowest BCUT2D eigenvalue weighted by atomic mass is 10.1. The lowest BCUT2D eigenvalue weighted by Crippen LogP contribution is -1.87. The fourth-order valence-electron chi connectivity index (χ4n) is 1.33. The zero-order valence-corrected chi connectivity index (χ0v) is 8.21. The molecule has 2 aromatic rings. The van der Waals surface area contributed by atoms with Gasteiger partial charge in [-0.05, 0) is 18.2 Å². The second-order valence-corrected chi connectivity index (χ2v) is 3.12. The SMILES string of the molecule is Cn1ccc(-c2ccc(N=C=O)cc2)n1. The van der Waals surface area contributed by atoms with Crippen molar-refractivity contribution in [2.45, 2.75) is 0 Å². The summed E-state index contributed by atoms with van der Waals surface area (Å²) in [7, 11) is 1.87. The number of aryl methyl sites for hydroxylation is 1. The molecule has 0 atom stereocenters. The largest absolute Gasteiger partial charge is 0.275 e. The number of isocyanates is 1. The fraction of sp³-hybridized carbons (Fsp3) is 0.0909. The van der Waals surface area contributed by atoms with Gasteiger partial charge in [-0.3, -0.25) is 4.68 Å². The summed E-state index contributed by atoms with van der Waals surface area (Å²) in [5.74, 6) is 0. The summed E-state index contributed by atoms with van der Waals surface area (Å²) in [6, 6.07) is 9.19. The van der Waals surface area contributed by atoms with Crippen molar-refractivity contribution in [1.82, 2.24) is 9.78 Å². The molecule has 0 bridgehead atoms. The summed E-state index contributed by atoms with van der Waals surface area (Å²) in [4.78, 5) is 13.5. The maximum Gasteiger partial charge on any atom is 0.240 e. The molecule has 0 amide bonds. The molecule has 0 fully saturated rings. The second kappa shape index (κ2) is 3.90. The van der Waals surface area contributed by atoms with Crippen molar-refractivity contribution in [3.05, 3.63) is 36.5 Å². The third kappa shape index (κ3) is 2.00. The van der Waals surface area contributed by atoms with E-state index < -0.39 is 0 Å². The summed E-state index contributed by atoms with van der Waals surface area (Å²) in [6.07, 6.45) is 3.38. The van der Waals surface area contributed by atoms with E-state index in [4.69, 9.17) is 0 Å². The molecule has 0 N–H and O–H groups in total. The average molecular weight is 199 g/mol. The molecule has 15 heavy (non-hydrogen) atoms. The highest BCUT2D eigenvalue weighted by Gasteiger charge is 2.00. The van der Waals surface area contributed by atoms with Crippen molar-refractivity contribution in [3.63, 3.8) is 0 Å². The summed E-state index contributed by atoms with van der Waals surface area (Å²) in [6.45, 7) is 0. The predicted molar refractivity (Wildman–Crippen MR) is 56.4 cm³/mol. The van der Waals surface area contributed by atoms with Crippen LogP contribution in [-0.2, 0) is 11.8 Å². The molecular weight excluding hydrogens is 190 g/mol. The number of aliphatic imine (C=N–C) groups is 1. The smallest absolute Gasteiger partial charge is 0.240 e. The number of hydrogen-bond donors (Lipinski definition) is 0. The lowest BCUT2D eigenvalue weighted by Gasteiger charge is -1.96. The monoisotopic (exact) mass is 199 g/mol. The second-order valence-electron chi connectivity index (χ2n) is 3.12. The molecule has 0 saturated heterocycles. The molecule has 0 saturated carbocycles. The molecule has 0 aliphatic heterocycles. The molecule has 4 heteroatoms. The van der Waals surface area contributed by atoms with Gasteiger partial charge in [-0.15, -0.1) is 0 Å². The van der Waals surface area contributed by atoms with Crippen LogP contribution >= 0.6 is 0 Å². The minimum absolute atomic E-state index is 0.602. The van der Waals surface area contributed by atoms with Gasteiger partial charge in [-0.2, -0.15) is 10.1 Å². The van der Waals surface area contributed by atoms with Gasteiger partial charge in [0.1, 0.15) is 0 Å². The van der Waals surface area contributed by atoms with Gasteiger partial charge in [0.25, 0.3) is 0 Å². The molecule has 74 valence electrons. The van der Waals surface area contributed by atoms with Gasteiger partial charge in [-0.25, -0.2) is 4.79 Å². The number of nitrogens with zero attached hydrogens (tertiary/aromatic N) is 3. The van der Waals surface area contributed by atoms with E-state index in [1.165, 1.54) is 6.08 Å². The molecule has 1 heterocycles. The van der Waals surface area contributed by atoms with E-state index in [1.807, 2.05) is 31.4 Å². The summed E-state index contributed by atoms with van der Waals surface area (Å²) >= 11 is 0. The van der Waals surface area contributed by atoms with E-state index in [-0.39, 0.29) is 0 Å².